The second-order valence-electron chi connectivity index (χ2n) is 3.34. The molecule has 0 saturated heterocycles. The van der Waals surface area contributed by atoms with Gasteiger partial charge < -0.3 is 9.84 Å². The Labute approximate surface area is 97.3 Å². The summed E-state index contributed by atoms with van der Waals surface area (Å²) in [6.07, 6.45) is 3.05. The van der Waals surface area contributed by atoms with Crippen LogP contribution >= 0.6 is 0 Å². The second-order valence-corrected chi connectivity index (χ2v) is 3.34. The van der Waals surface area contributed by atoms with Crippen molar-refractivity contribution in [1.29, 1.82) is 0 Å². The molecule has 0 radical (unpaired) electrons. The molecule has 0 atom stereocenters. The van der Waals surface area contributed by atoms with Gasteiger partial charge in [-0.1, -0.05) is 12.2 Å². The molecule has 1 aromatic carbocycles. The summed E-state index contributed by atoms with van der Waals surface area (Å²) < 4.78 is 31.3. The largest absolute Gasteiger partial charge is 0.494 e. The quantitative estimate of drug-likeness (QED) is 0.863. The Balaban J connectivity index is 2.78. The molecule has 1 aromatic rings. The summed E-state index contributed by atoms with van der Waals surface area (Å²) in [5.41, 5.74) is 0.0636. The van der Waals surface area contributed by atoms with Crippen LogP contribution in [0.3, 0.4) is 0 Å². The van der Waals surface area contributed by atoms with Gasteiger partial charge in [0.25, 0.3) is 0 Å². The maximum Gasteiger partial charge on any atom is 0.303 e. The van der Waals surface area contributed by atoms with Crippen molar-refractivity contribution in [2.75, 3.05) is 7.11 Å². The van der Waals surface area contributed by atoms with Crippen LogP contribution in [0, 0.1) is 11.6 Å². The van der Waals surface area contributed by atoms with E-state index in [0.29, 0.717) is 0 Å². The number of carboxylic acid groups (broad SMARTS) is 1. The molecular formula is C12H12F2O3. The van der Waals surface area contributed by atoms with E-state index < -0.39 is 17.6 Å². The molecule has 0 unspecified atom stereocenters. The SMILES string of the molecule is COc1cc(F)c(C=CCCC(=O)O)cc1F. The number of allylic oxidation sites excluding steroid dienone is 1. The van der Waals surface area contributed by atoms with Crippen LogP contribution in [-0.2, 0) is 4.79 Å². The van der Waals surface area contributed by atoms with Gasteiger partial charge in [-0.2, -0.15) is 0 Å². The molecule has 92 valence electrons. The predicted octanol–water partition coefficient (Wildman–Crippen LogP) is 2.85. The molecule has 0 fully saturated rings. The number of hydrogen-bond donors (Lipinski definition) is 1. The van der Waals surface area contributed by atoms with Crippen LogP contribution in [0.2, 0.25) is 0 Å². The fourth-order valence-corrected chi connectivity index (χ4v) is 1.25. The van der Waals surface area contributed by atoms with Crippen molar-refractivity contribution in [3.8, 4) is 5.75 Å². The summed E-state index contributed by atoms with van der Waals surface area (Å²) in [5, 5.41) is 8.39. The average Bonchev–Trinajstić information content (AvgIpc) is 2.28. The van der Waals surface area contributed by atoms with E-state index in [0.717, 1.165) is 12.1 Å². The maximum absolute atomic E-state index is 13.4. The minimum absolute atomic E-state index is 0.0449. The number of rotatable bonds is 5. The van der Waals surface area contributed by atoms with Gasteiger partial charge in [-0.05, 0) is 12.5 Å². The maximum atomic E-state index is 13.4. The van der Waals surface area contributed by atoms with Crippen LogP contribution in [0.25, 0.3) is 6.08 Å². The molecule has 0 saturated carbocycles. The van der Waals surface area contributed by atoms with E-state index in [9.17, 15) is 13.6 Å². The first-order chi connectivity index (χ1) is 8.04. The van der Waals surface area contributed by atoms with Gasteiger partial charge in [-0.3, -0.25) is 4.79 Å². The van der Waals surface area contributed by atoms with Crippen molar-refractivity contribution < 1.29 is 23.4 Å². The third-order valence-corrected chi connectivity index (χ3v) is 2.09. The van der Waals surface area contributed by atoms with E-state index in [1.165, 1.54) is 19.3 Å². The number of hydrogen-bond acceptors (Lipinski definition) is 2. The smallest absolute Gasteiger partial charge is 0.303 e. The lowest BCUT2D eigenvalue weighted by molar-refractivity contribution is -0.136. The predicted molar refractivity (Wildman–Crippen MR) is 58.8 cm³/mol. The van der Waals surface area contributed by atoms with Gasteiger partial charge in [0.2, 0.25) is 0 Å². The van der Waals surface area contributed by atoms with Crippen LogP contribution in [0.4, 0.5) is 8.78 Å². The molecule has 0 heterocycles. The van der Waals surface area contributed by atoms with E-state index in [-0.39, 0.29) is 24.2 Å². The molecule has 5 heteroatoms. The van der Waals surface area contributed by atoms with Crippen LogP contribution < -0.4 is 4.74 Å². The Morgan fingerprint density at radius 1 is 1.41 bits per heavy atom. The molecule has 0 aliphatic heterocycles. The average molecular weight is 242 g/mol. The first-order valence-corrected chi connectivity index (χ1v) is 4.96. The van der Waals surface area contributed by atoms with E-state index in [2.05, 4.69) is 4.74 Å². The minimum Gasteiger partial charge on any atom is -0.494 e. The number of aliphatic carboxylic acids is 1. The summed E-state index contributed by atoms with van der Waals surface area (Å²) in [7, 11) is 1.25. The topological polar surface area (TPSA) is 46.5 Å². The van der Waals surface area contributed by atoms with Gasteiger partial charge in [-0.15, -0.1) is 0 Å². The Hall–Kier alpha value is -1.91. The van der Waals surface area contributed by atoms with Crippen molar-refractivity contribution in [3.63, 3.8) is 0 Å². The van der Waals surface area contributed by atoms with Crippen LogP contribution in [-0.4, -0.2) is 18.2 Å². The van der Waals surface area contributed by atoms with Crippen molar-refractivity contribution in [2.45, 2.75) is 12.8 Å². The normalized spacial score (nSPS) is 10.8. The highest BCUT2D eigenvalue weighted by atomic mass is 19.1. The summed E-state index contributed by atoms with van der Waals surface area (Å²) in [6.45, 7) is 0. The lowest BCUT2D eigenvalue weighted by Crippen LogP contribution is -1.93. The monoisotopic (exact) mass is 242 g/mol. The third kappa shape index (κ3) is 3.86. The zero-order chi connectivity index (χ0) is 12.8. The molecule has 1 N–H and O–H groups in total. The standard InChI is InChI=1S/C12H12F2O3/c1-17-11-7-9(13)8(6-10(11)14)4-2-3-5-12(15)16/h2,4,6-7H,3,5H2,1H3,(H,15,16). The van der Waals surface area contributed by atoms with E-state index in [1.807, 2.05) is 0 Å². The summed E-state index contributed by atoms with van der Waals surface area (Å²) in [5.74, 6) is -2.37. The molecule has 0 bridgehead atoms. The Morgan fingerprint density at radius 3 is 2.71 bits per heavy atom. The minimum atomic E-state index is -0.934. The van der Waals surface area contributed by atoms with Crippen molar-refractivity contribution in [3.05, 3.63) is 35.4 Å². The molecular weight excluding hydrogens is 230 g/mol. The van der Waals surface area contributed by atoms with Crippen LogP contribution in [0.1, 0.15) is 18.4 Å². The molecule has 0 spiro atoms. The first-order valence-electron chi connectivity index (χ1n) is 4.96. The highest BCUT2D eigenvalue weighted by Gasteiger charge is 2.07. The molecule has 0 aliphatic carbocycles. The molecule has 0 amide bonds. The molecule has 1 rings (SSSR count). The third-order valence-electron chi connectivity index (χ3n) is 2.09. The molecule has 17 heavy (non-hydrogen) atoms. The van der Waals surface area contributed by atoms with Gasteiger partial charge >= 0.3 is 5.97 Å². The lowest BCUT2D eigenvalue weighted by atomic mass is 10.1. The number of halogens is 2. The number of carbonyl (C=O) groups is 1. The van der Waals surface area contributed by atoms with Crippen molar-refractivity contribution in [2.24, 2.45) is 0 Å². The van der Waals surface area contributed by atoms with Gasteiger partial charge in [-0.25, -0.2) is 8.78 Å². The summed E-state index contributed by atoms with van der Waals surface area (Å²) >= 11 is 0. The summed E-state index contributed by atoms with van der Waals surface area (Å²) in [4.78, 5) is 10.2. The van der Waals surface area contributed by atoms with Gasteiger partial charge in [0.1, 0.15) is 5.82 Å². The first kappa shape index (κ1) is 13.2. The fourth-order valence-electron chi connectivity index (χ4n) is 1.25. The van der Waals surface area contributed by atoms with Gasteiger partial charge in [0.05, 0.1) is 7.11 Å². The molecule has 3 nitrogen and oxygen atoms in total. The molecule has 0 aromatic heterocycles. The lowest BCUT2D eigenvalue weighted by Gasteiger charge is -2.03. The van der Waals surface area contributed by atoms with Crippen molar-refractivity contribution >= 4 is 12.0 Å². The van der Waals surface area contributed by atoms with E-state index in [1.54, 1.807) is 0 Å². The highest BCUT2D eigenvalue weighted by molar-refractivity contribution is 5.67. The highest BCUT2D eigenvalue weighted by Crippen LogP contribution is 2.22. The number of benzene rings is 1. The second kappa shape index (κ2) is 5.98. The number of ether oxygens (including phenoxy) is 1. The van der Waals surface area contributed by atoms with Crippen LogP contribution in [0.5, 0.6) is 5.75 Å². The molecule has 0 aliphatic rings. The van der Waals surface area contributed by atoms with Crippen LogP contribution in [0.15, 0.2) is 18.2 Å². The van der Waals surface area contributed by atoms with Crippen molar-refractivity contribution in [1.82, 2.24) is 0 Å². The van der Waals surface area contributed by atoms with E-state index in [4.69, 9.17) is 5.11 Å². The Bertz CT molecular complexity index is 442. The summed E-state index contributed by atoms with van der Waals surface area (Å²) in [6, 6.07) is 1.96. The zero-order valence-corrected chi connectivity index (χ0v) is 9.24. The number of methoxy groups -OCH3 is 1. The van der Waals surface area contributed by atoms with Gasteiger partial charge in [0, 0.05) is 18.1 Å². The fraction of sp³-hybridized carbons (Fsp3) is 0.250. The number of carboxylic acids is 1. The van der Waals surface area contributed by atoms with E-state index >= 15 is 0 Å². The zero-order valence-electron chi connectivity index (χ0n) is 9.24. The van der Waals surface area contributed by atoms with Gasteiger partial charge in [0.15, 0.2) is 11.6 Å². The Morgan fingerprint density at radius 2 is 2.12 bits per heavy atom. The Kier molecular flexibility index (Phi) is 4.63.